The van der Waals surface area contributed by atoms with E-state index in [4.69, 9.17) is 44.4 Å². The van der Waals surface area contributed by atoms with Crippen molar-refractivity contribution in [2.45, 2.75) is 170 Å². The van der Waals surface area contributed by atoms with Crippen LogP contribution in [0.1, 0.15) is 50.5 Å². The number of benzene rings is 2. The number of aromatic nitrogens is 4. The molecule has 18 heteroatoms. The van der Waals surface area contributed by atoms with Crippen molar-refractivity contribution in [1.29, 1.82) is 0 Å². The van der Waals surface area contributed by atoms with E-state index in [1.165, 1.54) is 12.1 Å². The second-order valence-corrected chi connectivity index (χ2v) is 44.8. The largest absolute Gasteiger partial charge is 0.467 e. The van der Waals surface area contributed by atoms with Crippen LogP contribution >= 0.6 is 0 Å². The summed E-state index contributed by atoms with van der Waals surface area (Å²) in [5.41, 5.74) is 14.9. The number of non-ortho nitro benzene ring substituents is 1. The normalized spacial score (nSPS) is 12.3. The number of aryl methyl sites for hydroxylation is 2. The first kappa shape index (κ1) is 58.7. The van der Waals surface area contributed by atoms with Crippen molar-refractivity contribution in [3.8, 4) is 33.8 Å². The lowest BCUT2D eigenvalue weighted by Gasteiger charge is -2.17. The van der Waals surface area contributed by atoms with Crippen molar-refractivity contribution < 1.29 is 33.3 Å². The van der Waals surface area contributed by atoms with Crippen LogP contribution in [0.2, 0.25) is 103 Å². The first-order valence-electron chi connectivity index (χ1n) is 24.7. The highest BCUT2D eigenvalue weighted by Gasteiger charge is 2.25. The summed E-state index contributed by atoms with van der Waals surface area (Å²) in [6, 6.07) is 15.0. The molecule has 0 saturated carbocycles. The van der Waals surface area contributed by atoms with Crippen LogP contribution in [-0.2, 0) is 58.1 Å². The first-order chi connectivity index (χ1) is 31.8. The zero-order valence-electron chi connectivity index (χ0n) is 44.9. The van der Waals surface area contributed by atoms with Gasteiger partial charge in [0.25, 0.3) is 5.69 Å². The Morgan fingerprint density at radius 2 is 0.912 bits per heavy atom. The third kappa shape index (κ3) is 20.0. The maximum absolute atomic E-state index is 11.4. The lowest BCUT2D eigenvalue weighted by atomic mass is 9.99. The smallest absolute Gasteiger partial charge is 0.273 e. The quantitative estimate of drug-likeness (QED) is 0.0138. The molecule has 0 atom stereocenters. The summed E-state index contributed by atoms with van der Waals surface area (Å²) < 4.78 is 39.5. The van der Waals surface area contributed by atoms with Crippen LogP contribution in [0.5, 0.6) is 11.5 Å². The topological polar surface area (TPSA) is 160 Å². The Hall–Kier alpha value is -3.63. The molecule has 4 aromatic rings. The molecular formula is C50H88N6O8Si4. The molecule has 68 heavy (non-hydrogen) atoms. The van der Waals surface area contributed by atoms with Crippen molar-refractivity contribution in [3.05, 3.63) is 69.3 Å². The van der Waals surface area contributed by atoms with Gasteiger partial charge in [0.05, 0.1) is 22.4 Å². The van der Waals surface area contributed by atoms with E-state index in [9.17, 15) is 10.1 Å². The number of nitro benzene ring substituents is 1. The standard InChI is InChI=1S/C25H43N3O5Si2.C25H45N3O3Si2/c1-9-22-25(23(10-2)27(26-22)18-31-13-15-34(3,4)5)21-12-11-20(28(29)30)17-24(21)33-19-32-14-16-35(6,7)8;1-9-22-25(23(10-2)28(27-22)18-29-13-15-32(3,4)5)21-12-11-20(26)17-24(21)31-19-30-14-16-33(6,7)8/h11-12,17H,9-10,13-16,18-19H2,1-8H3;11-12,17H,9-10,13-16,18-19,26H2,1-8H3. The zero-order chi connectivity index (χ0) is 50.9. The molecule has 0 saturated heterocycles. The average Bonchev–Trinajstić information content (AvgIpc) is 3.79. The Kier molecular flexibility index (Phi) is 23.4. The summed E-state index contributed by atoms with van der Waals surface area (Å²) in [4.78, 5) is 11.0. The van der Waals surface area contributed by atoms with Gasteiger partial charge in [0.2, 0.25) is 0 Å². The molecule has 2 aromatic heterocycles. The van der Waals surface area contributed by atoms with E-state index < -0.39 is 37.2 Å². The molecule has 0 radical (unpaired) electrons. The van der Waals surface area contributed by atoms with Gasteiger partial charge < -0.3 is 34.2 Å². The first-order valence-corrected chi connectivity index (χ1v) is 39.6. The predicted octanol–water partition coefficient (Wildman–Crippen LogP) is 12.8. The van der Waals surface area contributed by atoms with Crippen molar-refractivity contribution in [2.75, 3.05) is 45.7 Å². The molecule has 0 aliphatic carbocycles. The fourth-order valence-electron chi connectivity index (χ4n) is 7.11. The zero-order valence-corrected chi connectivity index (χ0v) is 48.9. The number of hydrogen-bond donors (Lipinski definition) is 1. The summed E-state index contributed by atoms with van der Waals surface area (Å²) in [6.07, 6.45) is 3.17. The van der Waals surface area contributed by atoms with E-state index in [2.05, 4.69) is 106 Å². The molecule has 382 valence electrons. The third-order valence-electron chi connectivity index (χ3n) is 11.3. The van der Waals surface area contributed by atoms with E-state index in [0.717, 1.165) is 120 Å². The number of ether oxygens (including phenoxy) is 6. The second-order valence-electron chi connectivity index (χ2n) is 22.3. The van der Waals surface area contributed by atoms with Gasteiger partial charge in [0, 0.05) is 110 Å². The molecular weight excluding hydrogens is 925 g/mol. The summed E-state index contributed by atoms with van der Waals surface area (Å²) in [5, 5.41) is 21.2. The van der Waals surface area contributed by atoms with Gasteiger partial charge in [0.1, 0.15) is 25.0 Å². The van der Waals surface area contributed by atoms with Gasteiger partial charge in [-0.2, -0.15) is 10.2 Å². The van der Waals surface area contributed by atoms with E-state index in [1.54, 1.807) is 6.07 Å². The Morgan fingerprint density at radius 3 is 1.26 bits per heavy atom. The molecule has 4 rings (SSSR count). The van der Waals surface area contributed by atoms with Crippen molar-refractivity contribution in [3.63, 3.8) is 0 Å². The van der Waals surface area contributed by atoms with Crippen molar-refractivity contribution >= 4 is 43.7 Å². The fraction of sp³-hybridized carbons (Fsp3) is 0.640. The second kappa shape index (κ2) is 27.1. The molecule has 2 aromatic carbocycles. The maximum atomic E-state index is 11.4. The van der Waals surface area contributed by atoms with Crippen LogP contribution < -0.4 is 15.2 Å². The van der Waals surface area contributed by atoms with Crippen LogP contribution in [0, 0.1) is 10.1 Å². The molecule has 0 fully saturated rings. The van der Waals surface area contributed by atoms with E-state index in [0.29, 0.717) is 31.5 Å². The molecule has 0 spiro atoms. The van der Waals surface area contributed by atoms with Crippen molar-refractivity contribution in [2.24, 2.45) is 0 Å². The molecule has 0 aliphatic rings. The van der Waals surface area contributed by atoms with Crippen LogP contribution in [-0.4, -0.2) is 96.8 Å². The van der Waals surface area contributed by atoms with Gasteiger partial charge in [-0.25, -0.2) is 9.36 Å². The van der Waals surface area contributed by atoms with Crippen LogP contribution in [0.25, 0.3) is 22.3 Å². The number of rotatable bonds is 29. The van der Waals surface area contributed by atoms with Gasteiger partial charge in [-0.15, -0.1) is 0 Å². The number of nitrogens with zero attached hydrogens (tertiary/aromatic N) is 5. The molecule has 0 amide bonds. The monoisotopic (exact) mass is 1010 g/mol. The highest BCUT2D eigenvalue weighted by Crippen LogP contribution is 2.39. The van der Waals surface area contributed by atoms with Crippen LogP contribution in [0.4, 0.5) is 11.4 Å². The van der Waals surface area contributed by atoms with Gasteiger partial charge >= 0.3 is 0 Å². The van der Waals surface area contributed by atoms with Gasteiger partial charge in [-0.05, 0) is 68.1 Å². The fourth-order valence-corrected chi connectivity index (χ4v) is 10.1. The van der Waals surface area contributed by atoms with Crippen LogP contribution in [0.15, 0.2) is 36.4 Å². The SMILES string of the molecule is CCc1nn(COCC[Si](C)(C)C)c(CC)c1-c1ccc(N)cc1OCOCC[Si](C)(C)C.CCc1nn(COCC[Si](C)(C)C)c(CC)c1-c1ccc([N+](=O)[O-])cc1OCOCC[Si](C)(C)C. The van der Waals surface area contributed by atoms with E-state index in [-0.39, 0.29) is 19.3 Å². The molecule has 2 heterocycles. The minimum absolute atomic E-state index is 0.0102. The minimum Gasteiger partial charge on any atom is -0.467 e. The molecule has 2 N–H and O–H groups in total. The lowest BCUT2D eigenvalue weighted by Crippen LogP contribution is -2.22. The Labute approximate surface area is 413 Å². The maximum Gasteiger partial charge on any atom is 0.273 e. The number of anilines is 1. The number of nitro groups is 1. The van der Waals surface area contributed by atoms with Crippen LogP contribution in [0.3, 0.4) is 0 Å². The summed E-state index contributed by atoms with van der Waals surface area (Å²) in [7, 11) is -4.63. The minimum atomic E-state index is -1.21. The summed E-state index contributed by atoms with van der Waals surface area (Å²) in [6.45, 7) is 40.4. The van der Waals surface area contributed by atoms with E-state index in [1.807, 2.05) is 27.6 Å². The molecule has 0 unspecified atom stereocenters. The Balaban J connectivity index is 0.000000361. The summed E-state index contributed by atoms with van der Waals surface area (Å²) >= 11 is 0. The van der Waals surface area contributed by atoms with Gasteiger partial charge in [-0.3, -0.25) is 10.1 Å². The highest BCUT2D eigenvalue weighted by molar-refractivity contribution is 6.77. The molecule has 0 bridgehead atoms. The van der Waals surface area contributed by atoms with Gasteiger partial charge in [0.15, 0.2) is 13.6 Å². The van der Waals surface area contributed by atoms with Crippen molar-refractivity contribution in [1.82, 2.24) is 19.6 Å². The molecule has 14 nitrogen and oxygen atoms in total. The van der Waals surface area contributed by atoms with E-state index >= 15 is 0 Å². The van der Waals surface area contributed by atoms with Gasteiger partial charge in [-0.1, -0.05) is 106 Å². The molecule has 0 aliphatic heterocycles. The number of nitrogens with two attached hydrogens (primary N) is 1. The number of nitrogen functional groups attached to an aromatic ring is 1. The third-order valence-corrected chi connectivity index (χ3v) is 18.1. The summed E-state index contributed by atoms with van der Waals surface area (Å²) in [5.74, 6) is 1.18. The lowest BCUT2D eigenvalue weighted by molar-refractivity contribution is -0.384. The average molecular weight is 1010 g/mol. The highest BCUT2D eigenvalue weighted by atomic mass is 28.3. The number of hydrogen-bond acceptors (Lipinski definition) is 11. The predicted molar refractivity (Wildman–Crippen MR) is 291 cm³/mol. The Bertz CT molecular complexity index is 2170. The Morgan fingerprint density at radius 1 is 0.544 bits per heavy atom.